The van der Waals surface area contributed by atoms with Crippen molar-refractivity contribution < 1.29 is 13.5 Å². The van der Waals surface area contributed by atoms with Crippen molar-refractivity contribution in [2.24, 2.45) is 0 Å². The van der Waals surface area contributed by atoms with Crippen molar-refractivity contribution in [3.63, 3.8) is 0 Å². The summed E-state index contributed by atoms with van der Waals surface area (Å²) in [5.41, 5.74) is 2.98. The van der Waals surface area contributed by atoms with Gasteiger partial charge in [-0.3, -0.25) is 0 Å². The van der Waals surface area contributed by atoms with Gasteiger partial charge in [-0.05, 0) is 28.9 Å². The summed E-state index contributed by atoms with van der Waals surface area (Å²) in [4.78, 5) is 0. The van der Waals surface area contributed by atoms with Crippen LogP contribution in [-0.2, 0) is 10.8 Å². The highest BCUT2D eigenvalue weighted by atomic mass is 19.3. The van der Waals surface area contributed by atoms with Crippen molar-refractivity contribution in [3.8, 4) is 5.75 Å². The topological polar surface area (TPSA) is 9.23 Å². The fraction of sp³-hybridized carbons (Fsp3) is 0.647. The lowest BCUT2D eigenvalue weighted by Gasteiger charge is -2.28. The van der Waals surface area contributed by atoms with Crippen LogP contribution in [0.2, 0.25) is 0 Å². The summed E-state index contributed by atoms with van der Waals surface area (Å²) < 4.78 is 30.2. The second kappa shape index (κ2) is 5.71. The second-order valence-corrected chi connectivity index (χ2v) is 7.37. The van der Waals surface area contributed by atoms with Gasteiger partial charge in [-0.25, -0.2) is 8.78 Å². The molecule has 3 heteroatoms. The molecule has 1 aromatic carbocycles. The van der Waals surface area contributed by atoms with Crippen LogP contribution in [0.4, 0.5) is 8.78 Å². The lowest BCUT2D eigenvalue weighted by atomic mass is 9.79. The zero-order valence-corrected chi connectivity index (χ0v) is 13.6. The van der Waals surface area contributed by atoms with E-state index in [-0.39, 0.29) is 10.8 Å². The molecule has 0 atom stereocenters. The Morgan fingerprint density at radius 3 is 1.95 bits per heavy atom. The van der Waals surface area contributed by atoms with E-state index in [0.717, 1.165) is 11.1 Å². The molecule has 1 nitrogen and oxygen atoms in total. The molecule has 114 valence electrons. The van der Waals surface area contributed by atoms with E-state index in [9.17, 15) is 8.78 Å². The van der Waals surface area contributed by atoms with Gasteiger partial charge < -0.3 is 4.74 Å². The van der Waals surface area contributed by atoms with Gasteiger partial charge in [-0.1, -0.05) is 53.7 Å². The van der Waals surface area contributed by atoms with E-state index >= 15 is 0 Å². The molecule has 1 rings (SSSR count). The summed E-state index contributed by atoms with van der Waals surface area (Å²) >= 11 is 0. The SMILES string of the molecule is Cc1cc(C(C)(C)C)cc(C(C)(C)C)c1OCC(F)F. The first-order valence-electron chi connectivity index (χ1n) is 6.99. The van der Waals surface area contributed by atoms with E-state index in [1.165, 1.54) is 5.56 Å². The van der Waals surface area contributed by atoms with E-state index in [1.807, 2.05) is 13.0 Å². The van der Waals surface area contributed by atoms with Crippen molar-refractivity contribution in [3.05, 3.63) is 28.8 Å². The third-order valence-electron chi connectivity index (χ3n) is 3.30. The average molecular weight is 284 g/mol. The van der Waals surface area contributed by atoms with Gasteiger partial charge in [0.1, 0.15) is 12.4 Å². The minimum Gasteiger partial charge on any atom is -0.487 e. The first-order chi connectivity index (χ1) is 8.93. The molecule has 0 heterocycles. The van der Waals surface area contributed by atoms with Gasteiger partial charge in [-0.15, -0.1) is 0 Å². The third kappa shape index (κ3) is 4.19. The fourth-order valence-corrected chi connectivity index (χ4v) is 2.10. The van der Waals surface area contributed by atoms with Gasteiger partial charge in [-0.2, -0.15) is 0 Å². The van der Waals surface area contributed by atoms with Gasteiger partial charge in [0.25, 0.3) is 6.43 Å². The molecule has 0 amide bonds. The van der Waals surface area contributed by atoms with Crippen molar-refractivity contribution in [2.45, 2.75) is 65.7 Å². The van der Waals surface area contributed by atoms with Crippen LogP contribution in [0.5, 0.6) is 5.75 Å². The normalized spacial score (nSPS) is 12.9. The Morgan fingerprint density at radius 1 is 1.00 bits per heavy atom. The van der Waals surface area contributed by atoms with E-state index in [0.29, 0.717) is 5.75 Å². The van der Waals surface area contributed by atoms with E-state index in [4.69, 9.17) is 4.74 Å². The molecule has 0 aliphatic heterocycles. The monoisotopic (exact) mass is 284 g/mol. The summed E-state index contributed by atoms with van der Waals surface area (Å²) in [6.07, 6.45) is -2.45. The van der Waals surface area contributed by atoms with Gasteiger partial charge >= 0.3 is 0 Å². The van der Waals surface area contributed by atoms with Crippen LogP contribution < -0.4 is 4.74 Å². The van der Waals surface area contributed by atoms with Crippen LogP contribution in [0.15, 0.2) is 12.1 Å². The molecular weight excluding hydrogens is 258 g/mol. The average Bonchev–Trinajstić information content (AvgIpc) is 2.23. The van der Waals surface area contributed by atoms with E-state index < -0.39 is 13.0 Å². The summed E-state index contributed by atoms with van der Waals surface area (Å²) in [6, 6.07) is 4.13. The predicted octanol–water partition coefficient (Wildman–Crippen LogP) is 5.23. The molecule has 0 saturated heterocycles. The highest BCUT2D eigenvalue weighted by molar-refractivity contribution is 5.49. The molecule has 0 N–H and O–H groups in total. The maximum atomic E-state index is 12.4. The number of ether oxygens (including phenoxy) is 1. The molecule has 0 unspecified atom stereocenters. The van der Waals surface area contributed by atoms with Crippen LogP contribution in [0.3, 0.4) is 0 Å². The lowest BCUT2D eigenvalue weighted by Crippen LogP contribution is -2.20. The van der Waals surface area contributed by atoms with Crippen molar-refractivity contribution in [1.29, 1.82) is 0 Å². The third-order valence-corrected chi connectivity index (χ3v) is 3.30. The highest BCUT2D eigenvalue weighted by Gasteiger charge is 2.25. The number of benzene rings is 1. The minimum atomic E-state index is -2.45. The van der Waals surface area contributed by atoms with Crippen molar-refractivity contribution >= 4 is 0 Å². The molecule has 0 radical (unpaired) electrons. The first-order valence-corrected chi connectivity index (χ1v) is 6.99. The molecule has 0 aromatic heterocycles. The molecular formula is C17H26F2O. The molecule has 20 heavy (non-hydrogen) atoms. The largest absolute Gasteiger partial charge is 0.487 e. The number of alkyl halides is 2. The predicted molar refractivity (Wildman–Crippen MR) is 80.1 cm³/mol. The van der Waals surface area contributed by atoms with Crippen molar-refractivity contribution in [1.82, 2.24) is 0 Å². The molecule has 1 aromatic rings. The zero-order valence-electron chi connectivity index (χ0n) is 13.6. The fourth-order valence-electron chi connectivity index (χ4n) is 2.10. The van der Waals surface area contributed by atoms with Crippen molar-refractivity contribution in [2.75, 3.05) is 6.61 Å². The number of hydrogen-bond donors (Lipinski definition) is 0. The Balaban J connectivity index is 3.36. The summed E-state index contributed by atoms with van der Waals surface area (Å²) in [6.45, 7) is 14.0. The zero-order chi connectivity index (χ0) is 15.7. The van der Waals surface area contributed by atoms with Crippen LogP contribution in [-0.4, -0.2) is 13.0 Å². The molecule has 0 bridgehead atoms. The summed E-state index contributed by atoms with van der Waals surface area (Å²) in [5, 5.41) is 0. The molecule has 0 fully saturated rings. The van der Waals surface area contributed by atoms with Gasteiger partial charge in [0, 0.05) is 5.56 Å². The Kier molecular flexibility index (Phi) is 4.83. The molecule has 0 saturated carbocycles. The van der Waals surface area contributed by atoms with E-state index in [1.54, 1.807) is 0 Å². The van der Waals surface area contributed by atoms with Gasteiger partial charge in [0.2, 0.25) is 0 Å². The minimum absolute atomic E-state index is 0.0198. The quantitative estimate of drug-likeness (QED) is 0.738. The van der Waals surface area contributed by atoms with Gasteiger partial charge in [0.05, 0.1) is 0 Å². The van der Waals surface area contributed by atoms with Crippen LogP contribution in [0.1, 0.15) is 58.2 Å². The summed E-state index contributed by atoms with van der Waals surface area (Å²) in [5.74, 6) is 0.603. The Bertz CT molecular complexity index is 465. The van der Waals surface area contributed by atoms with Gasteiger partial charge in [0.15, 0.2) is 0 Å². The Labute approximate surface area is 121 Å². The number of rotatable bonds is 3. The lowest BCUT2D eigenvalue weighted by molar-refractivity contribution is 0.0805. The second-order valence-electron chi connectivity index (χ2n) is 7.37. The Hall–Kier alpha value is -1.12. The van der Waals surface area contributed by atoms with E-state index in [2.05, 4.69) is 47.6 Å². The number of aryl methyl sites for hydroxylation is 1. The molecule has 0 aliphatic rings. The molecule has 0 spiro atoms. The highest BCUT2D eigenvalue weighted by Crippen LogP contribution is 2.38. The molecule has 0 aliphatic carbocycles. The van der Waals surface area contributed by atoms with Crippen LogP contribution in [0.25, 0.3) is 0 Å². The van der Waals surface area contributed by atoms with Crippen LogP contribution >= 0.6 is 0 Å². The summed E-state index contributed by atoms with van der Waals surface area (Å²) in [7, 11) is 0. The first kappa shape index (κ1) is 16.9. The number of halogens is 2. The maximum absolute atomic E-state index is 12.4. The van der Waals surface area contributed by atoms with Crippen LogP contribution in [0, 0.1) is 6.92 Å². The smallest absolute Gasteiger partial charge is 0.272 e. The number of hydrogen-bond acceptors (Lipinski definition) is 1. The standard InChI is InChI=1S/C17H26F2O/c1-11-8-12(16(2,3)4)9-13(17(5,6)7)15(11)20-10-14(18)19/h8-9,14H,10H2,1-7H3. The maximum Gasteiger partial charge on any atom is 0.272 e. The Morgan fingerprint density at radius 2 is 1.55 bits per heavy atom.